The van der Waals surface area contributed by atoms with Gasteiger partial charge in [0.15, 0.2) is 0 Å². The van der Waals surface area contributed by atoms with Crippen LogP contribution in [0.3, 0.4) is 0 Å². The van der Waals surface area contributed by atoms with Gasteiger partial charge in [-0.1, -0.05) is 91.0 Å². The fourth-order valence-electron chi connectivity index (χ4n) is 3.71. The molecule has 5 nitrogen and oxygen atoms in total. The van der Waals surface area contributed by atoms with Crippen LogP contribution in [0.4, 0.5) is 0 Å². The Morgan fingerprint density at radius 3 is 1.73 bits per heavy atom. The number of ether oxygens (including phenoxy) is 2. The van der Waals surface area contributed by atoms with Gasteiger partial charge in [-0.25, -0.2) is 0 Å². The molecule has 0 amide bonds. The Kier molecular flexibility index (Phi) is 9.81. The maximum Gasteiger partial charge on any atom is 0.540 e. The summed E-state index contributed by atoms with van der Waals surface area (Å²) in [4.78, 5) is 0. The average Bonchev–Trinajstić information content (AvgIpc) is 2.85. The van der Waals surface area contributed by atoms with Gasteiger partial charge in [0.1, 0.15) is 0 Å². The third kappa shape index (κ3) is 7.08. The Hall–Kier alpha value is -2.32. The molecule has 0 N–H and O–H groups in total. The van der Waals surface area contributed by atoms with Gasteiger partial charge in [-0.2, -0.15) is 0 Å². The van der Waals surface area contributed by atoms with Crippen LogP contribution in [0.1, 0.15) is 25.0 Å². The number of rotatable bonds is 14. The minimum Gasteiger partial charge on any atom is -0.373 e. The van der Waals surface area contributed by atoms with Crippen LogP contribution in [-0.4, -0.2) is 41.7 Å². The van der Waals surface area contributed by atoms with Gasteiger partial charge in [0.2, 0.25) is 0 Å². The molecule has 6 heteroatoms. The van der Waals surface area contributed by atoms with Crippen LogP contribution in [0.25, 0.3) is 0 Å². The Morgan fingerprint density at radius 2 is 1.21 bits per heavy atom. The van der Waals surface area contributed by atoms with Gasteiger partial charge in [-0.15, -0.1) is 0 Å². The first kappa shape index (κ1) is 25.3. The molecule has 0 bridgehead atoms. The Labute approximate surface area is 198 Å². The van der Waals surface area contributed by atoms with Crippen LogP contribution in [0, 0.1) is 0 Å². The predicted octanol–water partition coefficient (Wildman–Crippen LogP) is 4.72. The molecule has 0 aliphatic carbocycles. The zero-order chi connectivity index (χ0) is 23.4. The highest BCUT2D eigenvalue weighted by molar-refractivity contribution is 6.75. The smallest absolute Gasteiger partial charge is 0.373 e. The summed E-state index contributed by atoms with van der Waals surface area (Å²) in [6.45, 7) is 5.13. The lowest BCUT2D eigenvalue weighted by Gasteiger charge is -2.40. The molecule has 0 heterocycles. The number of hydrogen-bond acceptors (Lipinski definition) is 5. The summed E-state index contributed by atoms with van der Waals surface area (Å²) in [7, 11) is -1.78. The molecule has 0 radical (unpaired) electrons. The van der Waals surface area contributed by atoms with E-state index in [0.29, 0.717) is 26.2 Å². The van der Waals surface area contributed by atoms with Crippen molar-refractivity contribution >= 4 is 14.0 Å². The normalized spacial score (nSPS) is 13.5. The summed E-state index contributed by atoms with van der Waals surface area (Å²) < 4.78 is 31.6. The van der Waals surface area contributed by atoms with Crippen molar-refractivity contribution in [1.82, 2.24) is 0 Å². The highest BCUT2D eigenvalue weighted by Gasteiger charge is 2.52. The molecule has 0 saturated carbocycles. The fraction of sp³-hybridized carbons (Fsp3) is 0.333. The molecule has 33 heavy (non-hydrogen) atoms. The van der Waals surface area contributed by atoms with Crippen molar-refractivity contribution < 1.29 is 22.8 Å². The SMILES string of the molecule is CCOC(Cc1ccccc1)(OCC)O[Si](OC)(OCCc1ccccc1)c1ccccc1. The third-order valence-corrected chi connectivity index (χ3v) is 7.95. The predicted molar refractivity (Wildman–Crippen MR) is 132 cm³/mol. The van der Waals surface area contributed by atoms with Crippen molar-refractivity contribution in [3.8, 4) is 0 Å². The molecule has 1 unspecified atom stereocenters. The molecule has 3 aromatic carbocycles. The first-order valence-electron chi connectivity index (χ1n) is 11.5. The van der Waals surface area contributed by atoms with E-state index in [1.54, 1.807) is 7.11 Å². The van der Waals surface area contributed by atoms with Gasteiger partial charge < -0.3 is 22.8 Å². The Morgan fingerprint density at radius 1 is 0.697 bits per heavy atom. The lowest BCUT2D eigenvalue weighted by molar-refractivity contribution is -0.353. The molecule has 0 spiro atoms. The van der Waals surface area contributed by atoms with Gasteiger partial charge in [-0.05, 0) is 31.4 Å². The number of benzene rings is 3. The molecule has 0 aliphatic rings. The molecule has 0 saturated heterocycles. The van der Waals surface area contributed by atoms with E-state index in [2.05, 4.69) is 12.1 Å². The summed E-state index contributed by atoms with van der Waals surface area (Å²) >= 11 is 0. The maximum absolute atomic E-state index is 6.73. The molecular weight excluding hydrogens is 432 g/mol. The van der Waals surface area contributed by atoms with Crippen LogP contribution in [0.5, 0.6) is 0 Å². The molecule has 1 atom stereocenters. The molecular formula is C27H34O5Si. The molecule has 0 aliphatic heterocycles. The topological polar surface area (TPSA) is 46.2 Å². The van der Waals surface area contributed by atoms with Crippen molar-refractivity contribution in [3.63, 3.8) is 0 Å². The van der Waals surface area contributed by atoms with Crippen LogP contribution < -0.4 is 5.19 Å². The van der Waals surface area contributed by atoms with Crippen molar-refractivity contribution in [3.05, 3.63) is 102 Å². The second-order valence-corrected chi connectivity index (χ2v) is 10.1. The minimum atomic E-state index is -3.41. The highest BCUT2D eigenvalue weighted by atomic mass is 28.4. The first-order chi connectivity index (χ1) is 16.2. The average molecular weight is 467 g/mol. The molecule has 176 valence electrons. The maximum atomic E-state index is 6.73. The summed E-state index contributed by atoms with van der Waals surface area (Å²) in [5.74, 6) is -1.34. The molecule has 0 fully saturated rings. The van der Waals surface area contributed by atoms with Crippen LogP contribution in [0.2, 0.25) is 0 Å². The molecule has 0 aromatic heterocycles. The molecule has 3 rings (SSSR count). The van der Waals surface area contributed by atoms with E-state index in [9.17, 15) is 0 Å². The van der Waals surface area contributed by atoms with Crippen molar-refractivity contribution in [2.45, 2.75) is 32.7 Å². The summed E-state index contributed by atoms with van der Waals surface area (Å²) in [5.41, 5.74) is 2.23. The van der Waals surface area contributed by atoms with Gasteiger partial charge in [-0.3, -0.25) is 0 Å². The second-order valence-electron chi connectivity index (χ2n) is 7.52. The van der Waals surface area contributed by atoms with Gasteiger partial charge in [0.05, 0.1) is 6.42 Å². The van der Waals surface area contributed by atoms with E-state index in [4.69, 9.17) is 22.8 Å². The third-order valence-electron chi connectivity index (χ3n) is 5.20. The largest absolute Gasteiger partial charge is 0.540 e. The van der Waals surface area contributed by atoms with Gasteiger partial charge in [0.25, 0.3) is 5.97 Å². The van der Waals surface area contributed by atoms with E-state index in [1.807, 2.05) is 92.7 Å². The van der Waals surface area contributed by atoms with E-state index < -0.39 is 14.8 Å². The number of hydrogen-bond donors (Lipinski definition) is 0. The van der Waals surface area contributed by atoms with Crippen molar-refractivity contribution in [2.24, 2.45) is 0 Å². The summed E-state index contributed by atoms with van der Waals surface area (Å²) in [6, 6.07) is 30.1. The summed E-state index contributed by atoms with van der Waals surface area (Å²) in [5, 5.41) is 0.859. The van der Waals surface area contributed by atoms with Crippen LogP contribution in [0.15, 0.2) is 91.0 Å². The lowest BCUT2D eigenvalue weighted by Crippen LogP contribution is -2.63. The van der Waals surface area contributed by atoms with E-state index >= 15 is 0 Å². The van der Waals surface area contributed by atoms with Crippen molar-refractivity contribution in [2.75, 3.05) is 26.9 Å². The zero-order valence-electron chi connectivity index (χ0n) is 19.7. The standard InChI is InChI=1S/C27H34O5Si/c1-4-29-27(30-5-2,23-25-17-11-7-12-18-25)32-33(28-3,26-19-13-8-14-20-26)31-22-21-24-15-9-6-10-16-24/h6-20H,4-5,21-23H2,1-3H3. The second kappa shape index (κ2) is 12.8. The summed E-state index contributed by atoms with van der Waals surface area (Å²) in [6.07, 6.45) is 1.15. The Balaban J connectivity index is 1.93. The van der Waals surface area contributed by atoms with E-state index in [0.717, 1.165) is 17.2 Å². The monoisotopic (exact) mass is 466 g/mol. The van der Waals surface area contributed by atoms with Crippen molar-refractivity contribution in [1.29, 1.82) is 0 Å². The first-order valence-corrected chi connectivity index (χ1v) is 13.2. The quantitative estimate of drug-likeness (QED) is 0.254. The Bertz CT molecular complexity index is 917. The molecule has 3 aromatic rings. The van der Waals surface area contributed by atoms with E-state index in [1.165, 1.54) is 5.56 Å². The highest BCUT2D eigenvalue weighted by Crippen LogP contribution is 2.28. The van der Waals surface area contributed by atoms with Crippen LogP contribution >= 0.6 is 0 Å². The fourth-order valence-corrected chi connectivity index (χ4v) is 6.06. The van der Waals surface area contributed by atoms with E-state index in [-0.39, 0.29) is 0 Å². The van der Waals surface area contributed by atoms with Gasteiger partial charge in [0, 0.05) is 32.1 Å². The zero-order valence-corrected chi connectivity index (χ0v) is 20.7. The minimum absolute atomic E-state index is 0.405. The lowest BCUT2D eigenvalue weighted by atomic mass is 10.1. The van der Waals surface area contributed by atoms with Crippen LogP contribution in [-0.2, 0) is 35.6 Å². The van der Waals surface area contributed by atoms with Gasteiger partial charge >= 0.3 is 8.80 Å².